The second-order valence-corrected chi connectivity index (χ2v) is 4.37. The Bertz CT molecular complexity index is 398. The molecule has 1 unspecified atom stereocenters. The fraction of sp³-hybridized carbons (Fsp3) is 0.400. The van der Waals surface area contributed by atoms with E-state index in [4.69, 9.17) is 9.84 Å². The first-order valence-corrected chi connectivity index (χ1v) is 6.43. The largest absolute Gasteiger partial charge is 0.490 e. The number of hydrogen-bond donors (Lipinski definition) is 2. The third kappa shape index (κ3) is 6.06. The molecule has 4 heteroatoms. The van der Waals surface area contributed by atoms with Gasteiger partial charge in [0.2, 0.25) is 0 Å². The summed E-state index contributed by atoms with van der Waals surface area (Å²) in [6, 6.07) is 6.97. The van der Waals surface area contributed by atoms with Gasteiger partial charge in [-0.05, 0) is 44.0 Å². The minimum atomic E-state index is -0.321. The van der Waals surface area contributed by atoms with Gasteiger partial charge in [0, 0.05) is 12.1 Å². The Morgan fingerprint density at radius 3 is 2.74 bits per heavy atom. The van der Waals surface area contributed by atoms with E-state index in [0.29, 0.717) is 30.9 Å². The summed E-state index contributed by atoms with van der Waals surface area (Å²) in [6.45, 7) is 6.33. The molecule has 4 nitrogen and oxygen atoms in total. The van der Waals surface area contributed by atoms with Crippen LogP contribution in [0.15, 0.2) is 36.9 Å². The van der Waals surface area contributed by atoms with Crippen LogP contribution in [0.5, 0.6) is 5.75 Å². The number of benzene rings is 1. The summed E-state index contributed by atoms with van der Waals surface area (Å²) in [5, 5.41) is 11.9. The lowest BCUT2D eigenvalue weighted by atomic mass is 10.2. The van der Waals surface area contributed by atoms with Gasteiger partial charge in [0.05, 0.1) is 6.10 Å². The van der Waals surface area contributed by atoms with Gasteiger partial charge in [-0.15, -0.1) is 0 Å². The SMILES string of the molecule is C=CCOc1ccc(C(=O)NCCCC(C)O)cc1. The van der Waals surface area contributed by atoms with E-state index in [2.05, 4.69) is 11.9 Å². The second kappa shape index (κ2) is 8.32. The van der Waals surface area contributed by atoms with Crippen molar-refractivity contribution in [3.63, 3.8) is 0 Å². The number of aliphatic hydroxyl groups excluding tert-OH is 1. The van der Waals surface area contributed by atoms with Crippen LogP contribution in [-0.2, 0) is 0 Å². The topological polar surface area (TPSA) is 58.6 Å². The Balaban J connectivity index is 2.37. The summed E-state index contributed by atoms with van der Waals surface area (Å²) in [5.41, 5.74) is 0.600. The van der Waals surface area contributed by atoms with Crippen molar-refractivity contribution in [1.29, 1.82) is 0 Å². The summed E-state index contributed by atoms with van der Waals surface area (Å²) in [5.74, 6) is 0.603. The molecule has 1 rings (SSSR count). The van der Waals surface area contributed by atoms with Crippen LogP contribution in [0.3, 0.4) is 0 Å². The number of aliphatic hydroxyl groups is 1. The molecule has 1 aromatic carbocycles. The Morgan fingerprint density at radius 2 is 2.16 bits per heavy atom. The lowest BCUT2D eigenvalue weighted by Gasteiger charge is -2.07. The van der Waals surface area contributed by atoms with Crippen molar-refractivity contribution < 1.29 is 14.6 Å². The van der Waals surface area contributed by atoms with E-state index < -0.39 is 0 Å². The van der Waals surface area contributed by atoms with Crippen molar-refractivity contribution in [3.8, 4) is 5.75 Å². The molecule has 0 aliphatic heterocycles. The van der Waals surface area contributed by atoms with Gasteiger partial charge in [-0.25, -0.2) is 0 Å². The number of hydrogen-bond acceptors (Lipinski definition) is 3. The van der Waals surface area contributed by atoms with Crippen LogP contribution in [0.4, 0.5) is 0 Å². The molecule has 0 heterocycles. The molecular formula is C15H21NO3. The Labute approximate surface area is 114 Å². The van der Waals surface area contributed by atoms with Gasteiger partial charge in [0.25, 0.3) is 5.91 Å². The number of ether oxygens (including phenoxy) is 1. The van der Waals surface area contributed by atoms with Crippen molar-refractivity contribution in [3.05, 3.63) is 42.5 Å². The van der Waals surface area contributed by atoms with Crippen LogP contribution in [0, 0.1) is 0 Å². The van der Waals surface area contributed by atoms with Crippen LogP contribution in [0.25, 0.3) is 0 Å². The first-order valence-electron chi connectivity index (χ1n) is 6.43. The fourth-order valence-corrected chi connectivity index (χ4v) is 1.56. The Morgan fingerprint density at radius 1 is 1.47 bits per heavy atom. The van der Waals surface area contributed by atoms with Crippen LogP contribution in [0.1, 0.15) is 30.1 Å². The molecule has 19 heavy (non-hydrogen) atoms. The van der Waals surface area contributed by atoms with Gasteiger partial charge in [-0.1, -0.05) is 12.7 Å². The lowest BCUT2D eigenvalue weighted by Crippen LogP contribution is -2.24. The molecule has 0 spiro atoms. The molecule has 104 valence electrons. The highest BCUT2D eigenvalue weighted by molar-refractivity contribution is 5.94. The van der Waals surface area contributed by atoms with Crippen molar-refractivity contribution in [2.24, 2.45) is 0 Å². The number of nitrogens with one attached hydrogen (secondary N) is 1. The van der Waals surface area contributed by atoms with E-state index in [1.54, 1.807) is 37.3 Å². The van der Waals surface area contributed by atoms with E-state index in [1.807, 2.05) is 0 Å². The average molecular weight is 263 g/mol. The highest BCUT2D eigenvalue weighted by Crippen LogP contribution is 2.12. The maximum atomic E-state index is 11.8. The number of carbonyl (C=O) groups excluding carboxylic acids is 1. The Kier molecular flexibility index (Phi) is 6.68. The maximum absolute atomic E-state index is 11.8. The highest BCUT2D eigenvalue weighted by Gasteiger charge is 2.05. The quantitative estimate of drug-likeness (QED) is 0.558. The zero-order valence-corrected chi connectivity index (χ0v) is 11.3. The minimum absolute atomic E-state index is 0.110. The predicted molar refractivity (Wildman–Crippen MR) is 75.4 cm³/mol. The molecule has 1 aromatic rings. The molecule has 0 saturated heterocycles. The highest BCUT2D eigenvalue weighted by atomic mass is 16.5. The average Bonchev–Trinajstić information content (AvgIpc) is 2.41. The molecule has 0 aromatic heterocycles. The summed E-state index contributed by atoms with van der Waals surface area (Å²) in [4.78, 5) is 11.8. The van der Waals surface area contributed by atoms with E-state index in [-0.39, 0.29) is 12.0 Å². The van der Waals surface area contributed by atoms with Gasteiger partial charge in [-0.3, -0.25) is 4.79 Å². The summed E-state index contributed by atoms with van der Waals surface area (Å²) in [7, 11) is 0. The van der Waals surface area contributed by atoms with Crippen LogP contribution in [0.2, 0.25) is 0 Å². The van der Waals surface area contributed by atoms with Gasteiger partial charge in [-0.2, -0.15) is 0 Å². The van der Waals surface area contributed by atoms with E-state index in [1.165, 1.54) is 0 Å². The van der Waals surface area contributed by atoms with Gasteiger partial charge >= 0.3 is 0 Å². The molecule has 2 N–H and O–H groups in total. The third-order valence-electron chi connectivity index (χ3n) is 2.57. The first kappa shape index (κ1) is 15.2. The van der Waals surface area contributed by atoms with Crippen molar-refractivity contribution >= 4 is 5.91 Å². The smallest absolute Gasteiger partial charge is 0.251 e. The van der Waals surface area contributed by atoms with E-state index in [0.717, 1.165) is 6.42 Å². The van der Waals surface area contributed by atoms with Crippen molar-refractivity contribution in [2.75, 3.05) is 13.2 Å². The first-order chi connectivity index (χ1) is 9.13. The zero-order valence-electron chi connectivity index (χ0n) is 11.3. The van der Waals surface area contributed by atoms with Gasteiger partial charge in [0.1, 0.15) is 12.4 Å². The van der Waals surface area contributed by atoms with E-state index in [9.17, 15) is 4.79 Å². The van der Waals surface area contributed by atoms with Crippen molar-refractivity contribution in [2.45, 2.75) is 25.9 Å². The molecule has 0 bridgehead atoms. The maximum Gasteiger partial charge on any atom is 0.251 e. The van der Waals surface area contributed by atoms with E-state index >= 15 is 0 Å². The zero-order chi connectivity index (χ0) is 14.1. The Hall–Kier alpha value is -1.81. The minimum Gasteiger partial charge on any atom is -0.490 e. The summed E-state index contributed by atoms with van der Waals surface area (Å²) < 4.78 is 5.34. The number of rotatable bonds is 8. The van der Waals surface area contributed by atoms with Crippen LogP contribution in [-0.4, -0.2) is 30.3 Å². The number of carbonyl (C=O) groups is 1. The molecule has 0 aliphatic carbocycles. The standard InChI is InChI=1S/C15H21NO3/c1-3-11-19-14-8-6-13(7-9-14)15(18)16-10-4-5-12(2)17/h3,6-9,12,17H,1,4-5,10-11H2,2H3,(H,16,18). The van der Waals surface area contributed by atoms with Crippen LogP contribution < -0.4 is 10.1 Å². The monoisotopic (exact) mass is 263 g/mol. The third-order valence-corrected chi connectivity index (χ3v) is 2.57. The molecule has 1 atom stereocenters. The number of amides is 1. The molecule has 0 radical (unpaired) electrons. The molecule has 0 fully saturated rings. The normalized spacial score (nSPS) is 11.7. The van der Waals surface area contributed by atoms with Crippen molar-refractivity contribution in [1.82, 2.24) is 5.32 Å². The lowest BCUT2D eigenvalue weighted by molar-refractivity contribution is 0.0949. The predicted octanol–water partition coefficient (Wildman–Crippen LogP) is 2.14. The second-order valence-electron chi connectivity index (χ2n) is 4.37. The molecule has 0 aliphatic rings. The molecular weight excluding hydrogens is 242 g/mol. The summed E-state index contributed by atoms with van der Waals surface area (Å²) in [6.07, 6.45) is 2.81. The fourth-order valence-electron chi connectivity index (χ4n) is 1.56. The van der Waals surface area contributed by atoms with Gasteiger partial charge < -0.3 is 15.2 Å². The molecule has 1 amide bonds. The van der Waals surface area contributed by atoms with Gasteiger partial charge in [0.15, 0.2) is 0 Å². The molecule has 0 saturated carbocycles. The van der Waals surface area contributed by atoms with Crippen LogP contribution >= 0.6 is 0 Å². The summed E-state index contributed by atoms with van der Waals surface area (Å²) >= 11 is 0.